The topological polar surface area (TPSA) is 95.5 Å². The minimum absolute atomic E-state index is 0.0267. The molecule has 2 amide bonds. The first-order valence-electron chi connectivity index (χ1n) is 6.39. The minimum atomic E-state index is -0.915. The highest BCUT2D eigenvalue weighted by molar-refractivity contribution is 6.34. The summed E-state index contributed by atoms with van der Waals surface area (Å²) in [6.07, 6.45) is 0.297. The number of carboxylic acids is 1. The van der Waals surface area contributed by atoms with Crippen LogP contribution >= 0.6 is 11.6 Å². The van der Waals surface area contributed by atoms with E-state index in [9.17, 15) is 14.4 Å². The molecule has 0 saturated carbocycles. The van der Waals surface area contributed by atoms with Gasteiger partial charge in [-0.1, -0.05) is 11.6 Å². The lowest BCUT2D eigenvalue weighted by atomic mass is 10.1. The van der Waals surface area contributed by atoms with Crippen LogP contribution in [0.1, 0.15) is 37.0 Å². The van der Waals surface area contributed by atoms with Crippen molar-refractivity contribution >= 4 is 35.1 Å². The predicted octanol–water partition coefficient (Wildman–Crippen LogP) is 2.28. The molecule has 1 aromatic rings. The van der Waals surface area contributed by atoms with Crippen LogP contribution in [0.4, 0.5) is 5.69 Å². The fourth-order valence-electron chi connectivity index (χ4n) is 1.69. The highest BCUT2D eigenvalue weighted by Crippen LogP contribution is 2.21. The van der Waals surface area contributed by atoms with Gasteiger partial charge >= 0.3 is 5.97 Å². The maximum Gasteiger partial charge on any atom is 0.303 e. The Morgan fingerprint density at radius 3 is 2.57 bits per heavy atom. The van der Waals surface area contributed by atoms with Gasteiger partial charge in [-0.05, 0) is 31.5 Å². The van der Waals surface area contributed by atoms with Crippen molar-refractivity contribution in [3.05, 3.63) is 28.8 Å². The number of hydrogen-bond donors (Lipinski definition) is 3. The summed E-state index contributed by atoms with van der Waals surface area (Å²) < 4.78 is 0. The first kappa shape index (κ1) is 17.0. The van der Waals surface area contributed by atoms with Crippen LogP contribution in [0.15, 0.2) is 18.2 Å². The second kappa shape index (κ2) is 7.64. The molecule has 0 aromatic heterocycles. The second-order valence-electron chi connectivity index (χ2n) is 4.68. The zero-order valence-electron chi connectivity index (χ0n) is 11.8. The summed E-state index contributed by atoms with van der Waals surface area (Å²) in [7, 11) is 0. The van der Waals surface area contributed by atoms with Gasteiger partial charge in [-0.2, -0.15) is 0 Å². The Bertz CT molecular complexity index is 560. The van der Waals surface area contributed by atoms with E-state index >= 15 is 0 Å². The Morgan fingerprint density at radius 1 is 1.33 bits per heavy atom. The average molecular weight is 313 g/mol. The number of benzene rings is 1. The van der Waals surface area contributed by atoms with Gasteiger partial charge in [0.15, 0.2) is 0 Å². The van der Waals surface area contributed by atoms with Crippen LogP contribution in [0.2, 0.25) is 5.02 Å². The first-order chi connectivity index (χ1) is 9.79. The number of carbonyl (C=O) groups excluding carboxylic acids is 2. The smallest absolute Gasteiger partial charge is 0.303 e. The third kappa shape index (κ3) is 5.83. The number of halogens is 1. The van der Waals surface area contributed by atoms with Crippen LogP contribution in [-0.2, 0) is 9.59 Å². The van der Waals surface area contributed by atoms with Crippen LogP contribution in [0.25, 0.3) is 0 Å². The molecule has 0 aliphatic heterocycles. The number of aliphatic carboxylic acids is 1. The lowest BCUT2D eigenvalue weighted by Crippen LogP contribution is -2.33. The zero-order chi connectivity index (χ0) is 16.0. The van der Waals surface area contributed by atoms with Gasteiger partial charge in [-0.3, -0.25) is 14.4 Å². The fraction of sp³-hybridized carbons (Fsp3) is 0.357. The molecule has 0 spiro atoms. The molecule has 0 aliphatic rings. The van der Waals surface area contributed by atoms with Gasteiger partial charge in [0.25, 0.3) is 5.91 Å². The SMILES string of the molecule is CC(=O)Nc1ccc(Cl)c(C(=O)NC(C)CCC(=O)O)c1. The lowest BCUT2D eigenvalue weighted by molar-refractivity contribution is -0.137. The van der Waals surface area contributed by atoms with Crippen molar-refractivity contribution in [2.45, 2.75) is 32.7 Å². The van der Waals surface area contributed by atoms with Crippen molar-refractivity contribution in [1.82, 2.24) is 5.32 Å². The van der Waals surface area contributed by atoms with E-state index in [0.717, 1.165) is 0 Å². The molecule has 0 saturated heterocycles. The Kier molecular flexibility index (Phi) is 6.17. The molecule has 6 nitrogen and oxygen atoms in total. The van der Waals surface area contributed by atoms with E-state index in [4.69, 9.17) is 16.7 Å². The first-order valence-corrected chi connectivity index (χ1v) is 6.77. The molecule has 1 rings (SSSR count). The highest BCUT2D eigenvalue weighted by atomic mass is 35.5. The molecule has 21 heavy (non-hydrogen) atoms. The number of carbonyl (C=O) groups is 3. The number of hydrogen-bond acceptors (Lipinski definition) is 3. The monoisotopic (exact) mass is 312 g/mol. The standard InChI is InChI=1S/C14H17ClN2O4/c1-8(3-6-13(19)20)16-14(21)11-7-10(17-9(2)18)4-5-12(11)15/h4-5,7-8H,3,6H2,1-2H3,(H,16,21)(H,17,18)(H,19,20). The largest absolute Gasteiger partial charge is 0.481 e. The highest BCUT2D eigenvalue weighted by Gasteiger charge is 2.15. The van der Waals surface area contributed by atoms with E-state index in [-0.39, 0.29) is 29.0 Å². The molecule has 0 aliphatic carbocycles. The van der Waals surface area contributed by atoms with Crippen molar-refractivity contribution in [2.75, 3.05) is 5.32 Å². The molecule has 7 heteroatoms. The van der Waals surface area contributed by atoms with Crippen LogP contribution in [0, 0.1) is 0 Å². The summed E-state index contributed by atoms with van der Waals surface area (Å²) in [6, 6.07) is 4.29. The Labute approximate surface area is 127 Å². The van der Waals surface area contributed by atoms with E-state index in [0.29, 0.717) is 12.1 Å². The van der Waals surface area contributed by atoms with Crippen LogP contribution < -0.4 is 10.6 Å². The van der Waals surface area contributed by atoms with Crippen molar-refractivity contribution in [3.8, 4) is 0 Å². The molecule has 1 unspecified atom stereocenters. The van der Waals surface area contributed by atoms with Gasteiger partial charge in [0, 0.05) is 25.1 Å². The number of rotatable bonds is 6. The molecule has 1 atom stereocenters. The van der Waals surface area contributed by atoms with E-state index in [1.165, 1.54) is 19.1 Å². The number of carboxylic acid groups (broad SMARTS) is 1. The molecular formula is C14H17ClN2O4. The summed E-state index contributed by atoms with van der Waals surface area (Å²) in [5, 5.41) is 14.1. The molecule has 0 fully saturated rings. The van der Waals surface area contributed by atoms with Gasteiger partial charge in [0.05, 0.1) is 10.6 Å². The Hall–Kier alpha value is -2.08. The van der Waals surface area contributed by atoms with Gasteiger partial charge in [0.1, 0.15) is 0 Å². The van der Waals surface area contributed by atoms with Crippen LogP contribution in [0.5, 0.6) is 0 Å². The van der Waals surface area contributed by atoms with Crippen LogP contribution in [-0.4, -0.2) is 28.9 Å². The molecule has 0 bridgehead atoms. The summed E-state index contributed by atoms with van der Waals surface area (Å²) in [4.78, 5) is 33.6. The van der Waals surface area contributed by atoms with Gasteiger partial charge in [-0.15, -0.1) is 0 Å². The summed E-state index contributed by atoms with van der Waals surface area (Å²) in [5.74, 6) is -1.58. The summed E-state index contributed by atoms with van der Waals surface area (Å²) in [6.45, 7) is 3.08. The third-order valence-corrected chi connectivity index (χ3v) is 3.03. The third-order valence-electron chi connectivity index (χ3n) is 2.70. The average Bonchev–Trinajstić information content (AvgIpc) is 2.38. The molecule has 0 radical (unpaired) electrons. The molecule has 0 heterocycles. The predicted molar refractivity (Wildman–Crippen MR) is 79.6 cm³/mol. The summed E-state index contributed by atoms with van der Waals surface area (Å²) in [5.41, 5.74) is 0.695. The second-order valence-corrected chi connectivity index (χ2v) is 5.09. The molecular weight excluding hydrogens is 296 g/mol. The molecule has 114 valence electrons. The minimum Gasteiger partial charge on any atom is -0.481 e. The van der Waals surface area contributed by atoms with E-state index < -0.39 is 11.9 Å². The van der Waals surface area contributed by atoms with Crippen molar-refractivity contribution < 1.29 is 19.5 Å². The van der Waals surface area contributed by atoms with Gasteiger partial charge in [-0.25, -0.2) is 0 Å². The number of nitrogens with one attached hydrogen (secondary N) is 2. The molecule has 3 N–H and O–H groups in total. The Morgan fingerprint density at radius 2 is 2.00 bits per heavy atom. The Balaban J connectivity index is 2.76. The quantitative estimate of drug-likeness (QED) is 0.751. The maximum absolute atomic E-state index is 12.1. The van der Waals surface area contributed by atoms with E-state index in [1.54, 1.807) is 13.0 Å². The molecule has 1 aromatic carbocycles. The van der Waals surface area contributed by atoms with E-state index in [1.807, 2.05) is 0 Å². The lowest BCUT2D eigenvalue weighted by Gasteiger charge is -2.14. The van der Waals surface area contributed by atoms with Crippen LogP contribution in [0.3, 0.4) is 0 Å². The van der Waals surface area contributed by atoms with Crippen molar-refractivity contribution in [3.63, 3.8) is 0 Å². The zero-order valence-corrected chi connectivity index (χ0v) is 12.5. The van der Waals surface area contributed by atoms with Gasteiger partial charge in [0.2, 0.25) is 5.91 Å². The van der Waals surface area contributed by atoms with E-state index in [2.05, 4.69) is 10.6 Å². The summed E-state index contributed by atoms with van der Waals surface area (Å²) >= 11 is 5.97. The van der Waals surface area contributed by atoms with Crippen molar-refractivity contribution in [2.24, 2.45) is 0 Å². The fourth-order valence-corrected chi connectivity index (χ4v) is 1.90. The normalized spacial score (nSPS) is 11.6. The van der Waals surface area contributed by atoms with Crippen molar-refractivity contribution in [1.29, 1.82) is 0 Å². The van der Waals surface area contributed by atoms with Gasteiger partial charge < -0.3 is 15.7 Å². The maximum atomic E-state index is 12.1. The number of amides is 2. The number of anilines is 1.